The highest BCUT2D eigenvalue weighted by Crippen LogP contribution is 2.19. The van der Waals surface area contributed by atoms with E-state index in [0.717, 1.165) is 42.3 Å². The Morgan fingerprint density at radius 1 is 1.20 bits per heavy atom. The summed E-state index contributed by atoms with van der Waals surface area (Å²) in [6.45, 7) is 10.5. The number of nitrogens with zero attached hydrogens (tertiary/aromatic N) is 2. The van der Waals surface area contributed by atoms with E-state index < -0.39 is 0 Å². The zero-order valence-corrected chi connectivity index (χ0v) is 12.7. The van der Waals surface area contributed by atoms with Gasteiger partial charge in [0.05, 0.1) is 11.8 Å². The first-order chi connectivity index (χ1) is 9.58. The molecular weight excluding hydrogens is 250 g/mol. The minimum absolute atomic E-state index is 0.678. The molecule has 0 radical (unpaired) electrons. The number of aryl methyl sites for hydroxylation is 2. The van der Waals surface area contributed by atoms with Gasteiger partial charge in [-0.25, -0.2) is 9.97 Å². The molecule has 0 aliphatic rings. The molecule has 2 aromatic heterocycles. The summed E-state index contributed by atoms with van der Waals surface area (Å²) in [7, 11) is 0. The normalized spacial score (nSPS) is 11.2. The third-order valence-corrected chi connectivity index (χ3v) is 3.30. The van der Waals surface area contributed by atoms with Crippen LogP contribution in [0.3, 0.4) is 0 Å². The molecule has 0 aromatic carbocycles. The van der Waals surface area contributed by atoms with Crippen LogP contribution in [0.2, 0.25) is 0 Å². The zero-order chi connectivity index (χ0) is 14.5. The Bertz CT molecular complexity index is 524. The van der Waals surface area contributed by atoms with Gasteiger partial charge in [-0.2, -0.15) is 0 Å². The van der Waals surface area contributed by atoms with Gasteiger partial charge < -0.3 is 9.73 Å². The maximum Gasteiger partial charge on any atom is 0.162 e. The van der Waals surface area contributed by atoms with Crippen LogP contribution < -0.4 is 5.32 Å². The summed E-state index contributed by atoms with van der Waals surface area (Å²) in [6.07, 6.45) is 4.29. The van der Waals surface area contributed by atoms with Crippen LogP contribution in [0, 0.1) is 19.8 Å². The quantitative estimate of drug-likeness (QED) is 0.821. The van der Waals surface area contributed by atoms with Gasteiger partial charge in [0.25, 0.3) is 0 Å². The average molecular weight is 273 g/mol. The maximum absolute atomic E-state index is 5.09. The number of hydrogen-bond acceptors (Lipinski definition) is 4. The Hall–Kier alpha value is -1.68. The molecule has 0 spiro atoms. The maximum atomic E-state index is 5.09. The van der Waals surface area contributed by atoms with Gasteiger partial charge in [0.2, 0.25) is 0 Å². The standard InChI is InChI=1S/C16H23N3O/c1-11(2)9-17-7-5-15-12(3)18-16(19-13(15)4)14-6-8-20-10-14/h6,8,10-11,17H,5,7,9H2,1-4H3. The van der Waals surface area contributed by atoms with Crippen molar-refractivity contribution in [1.82, 2.24) is 15.3 Å². The number of aromatic nitrogens is 2. The SMILES string of the molecule is Cc1nc(-c2ccoc2)nc(C)c1CCNCC(C)C. The molecule has 0 amide bonds. The van der Waals surface area contributed by atoms with Crippen LogP contribution in [0.5, 0.6) is 0 Å². The fraction of sp³-hybridized carbons (Fsp3) is 0.500. The second-order valence-electron chi connectivity index (χ2n) is 5.56. The summed E-state index contributed by atoms with van der Waals surface area (Å²) in [4.78, 5) is 9.18. The summed E-state index contributed by atoms with van der Waals surface area (Å²) in [5.74, 6) is 1.42. The molecule has 2 heterocycles. The lowest BCUT2D eigenvalue weighted by molar-refractivity contribution is 0.553. The highest BCUT2D eigenvalue weighted by molar-refractivity contribution is 5.53. The third kappa shape index (κ3) is 3.67. The molecule has 0 saturated carbocycles. The monoisotopic (exact) mass is 273 g/mol. The van der Waals surface area contributed by atoms with Gasteiger partial charge in [0.1, 0.15) is 6.26 Å². The molecular formula is C16H23N3O. The van der Waals surface area contributed by atoms with Crippen LogP contribution in [-0.2, 0) is 6.42 Å². The highest BCUT2D eigenvalue weighted by Gasteiger charge is 2.10. The molecule has 1 N–H and O–H groups in total. The van der Waals surface area contributed by atoms with Crippen molar-refractivity contribution < 1.29 is 4.42 Å². The van der Waals surface area contributed by atoms with Crippen LogP contribution in [0.1, 0.15) is 30.8 Å². The van der Waals surface area contributed by atoms with E-state index in [9.17, 15) is 0 Å². The summed E-state index contributed by atoms with van der Waals surface area (Å²) < 4.78 is 5.09. The van der Waals surface area contributed by atoms with E-state index >= 15 is 0 Å². The lowest BCUT2D eigenvalue weighted by Crippen LogP contribution is -2.23. The van der Waals surface area contributed by atoms with Crippen molar-refractivity contribution in [1.29, 1.82) is 0 Å². The third-order valence-electron chi connectivity index (χ3n) is 3.30. The van der Waals surface area contributed by atoms with Gasteiger partial charge in [0.15, 0.2) is 5.82 Å². The van der Waals surface area contributed by atoms with Crippen molar-refractivity contribution in [3.8, 4) is 11.4 Å². The van der Waals surface area contributed by atoms with Gasteiger partial charge in [-0.3, -0.25) is 0 Å². The first-order valence-corrected chi connectivity index (χ1v) is 7.15. The Labute approximate surface area is 120 Å². The van der Waals surface area contributed by atoms with Gasteiger partial charge >= 0.3 is 0 Å². The number of hydrogen-bond donors (Lipinski definition) is 1. The van der Waals surface area contributed by atoms with E-state index in [2.05, 4.69) is 43.0 Å². The van der Waals surface area contributed by atoms with Crippen LogP contribution in [-0.4, -0.2) is 23.1 Å². The van der Waals surface area contributed by atoms with Gasteiger partial charge in [-0.1, -0.05) is 13.8 Å². The van der Waals surface area contributed by atoms with E-state index in [1.807, 2.05) is 6.07 Å². The Morgan fingerprint density at radius 2 is 1.90 bits per heavy atom. The Balaban J connectivity index is 2.07. The molecule has 2 rings (SSSR count). The molecule has 4 heteroatoms. The van der Waals surface area contributed by atoms with Gasteiger partial charge in [-0.05, 0) is 50.9 Å². The van der Waals surface area contributed by atoms with Gasteiger partial charge in [0, 0.05) is 11.4 Å². The fourth-order valence-corrected chi connectivity index (χ4v) is 2.23. The van der Waals surface area contributed by atoms with Crippen molar-refractivity contribution in [3.05, 3.63) is 35.5 Å². The molecule has 20 heavy (non-hydrogen) atoms. The molecule has 0 unspecified atom stereocenters. The van der Waals surface area contributed by atoms with Crippen molar-refractivity contribution in [2.45, 2.75) is 34.1 Å². The van der Waals surface area contributed by atoms with Gasteiger partial charge in [-0.15, -0.1) is 0 Å². The van der Waals surface area contributed by atoms with E-state index in [1.165, 1.54) is 5.56 Å². The lowest BCUT2D eigenvalue weighted by atomic mass is 10.1. The van der Waals surface area contributed by atoms with E-state index in [1.54, 1.807) is 12.5 Å². The smallest absolute Gasteiger partial charge is 0.162 e. The molecule has 0 fully saturated rings. The summed E-state index contributed by atoms with van der Waals surface area (Å²) >= 11 is 0. The molecule has 0 aliphatic carbocycles. The van der Waals surface area contributed by atoms with Crippen LogP contribution in [0.25, 0.3) is 11.4 Å². The minimum Gasteiger partial charge on any atom is -0.472 e. The first kappa shape index (κ1) is 14.7. The molecule has 0 aliphatic heterocycles. The molecule has 0 bridgehead atoms. The van der Waals surface area contributed by atoms with E-state index in [-0.39, 0.29) is 0 Å². The van der Waals surface area contributed by atoms with Crippen molar-refractivity contribution in [2.75, 3.05) is 13.1 Å². The average Bonchev–Trinajstić information content (AvgIpc) is 2.90. The number of rotatable bonds is 6. The predicted octanol–water partition coefficient (Wildman–Crippen LogP) is 3.14. The highest BCUT2D eigenvalue weighted by atomic mass is 16.3. The van der Waals surface area contributed by atoms with E-state index in [4.69, 9.17) is 4.42 Å². The fourth-order valence-electron chi connectivity index (χ4n) is 2.23. The summed E-state index contributed by atoms with van der Waals surface area (Å²) in [5, 5.41) is 3.46. The minimum atomic E-state index is 0.678. The number of furan rings is 1. The van der Waals surface area contributed by atoms with Crippen LogP contribution >= 0.6 is 0 Å². The first-order valence-electron chi connectivity index (χ1n) is 7.15. The Morgan fingerprint density at radius 3 is 2.45 bits per heavy atom. The second-order valence-corrected chi connectivity index (χ2v) is 5.56. The van der Waals surface area contributed by atoms with Crippen LogP contribution in [0.4, 0.5) is 0 Å². The molecule has 0 saturated heterocycles. The number of nitrogens with one attached hydrogen (secondary N) is 1. The van der Waals surface area contributed by atoms with E-state index in [0.29, 0.717) is 5.92 Å². The van der Waals surface area contributed by atoms with Crippen LogP contribution in [0.15, 0.2) is 23.0 Å². The molecule has 4 nitrogen and oxygen atoms in total. The predicted molar refractivity (Wildman–Crippen MR) is 80.6 cm³/mol. The van der Waals surface area contributed by atoms with Crippen molar-refractivity contribution in [2.24, 2.45) is 5.92 Å². The summed E-state index contributed by atoms with van der Waals surface area (Å²) in [6, 6.07) is 1.89. The van der Waals surface area contributed by atoms with Crippen molar-refractivity contribution >= 4 is 0 Å². The molecule has 0 atom stereocenters. The topological polar surface area (TPSA) is 51.0 Å². The molecule has 2 aromatic rings. The second kappa shape index (κ2) is 6.66. The zero-order valence-electron chi connectivity index (χ0n) is 12.7. The summed E-state index contributed by atoms with van der Waals surface area (Å²) in [5.41, 5.74) is 4.29. The molecule has 108 valence electrons. The largest absolute Gasteiger partial charge is 0.472 e. The van der Waals surface area contributed by atoms with Crippen molar-refractivity contribution in [3.63, 3.8) is 0 Å². The lowest BCUT2D eigenvalue weighted by Gasteiger charge is -2.12. The Kier molecular flexibility index (Phi) is 4.90.